The van der Waals surface area contributed by atoms with Gasteiger partial charge in [-0.2, -0.15) is 0 Å². The van der Waals surface area contributed by atoms with Crippen molar-refractivity contribution in [1.29, 1.82) is 0 Å². The topological polar surface area (TPSA) is 38.8 Å². The van der Waals surface area contributed by atoms with Crippen molar-refractivity contribution in [3.05, 3.63) is 47.6 Å². The Bertz CT molecular complexity index is 547. The average Bonchev–Trinajstić information content (AvgIpc) is 2.48. The summed E-state index contributed by atoms with van der Waals surface area (Å²) in [5, 5.41) is 0. The lowest BCUT2D eigenvalue weighted by molar-refractivity contribution is -0.125. The van der Waals surface area contributed by atoms with Gasteiger partial charge in [0.05, 0.1) is 14.2 Å². The summed E-state index contributed by atoms with van der Waals surface area (Å²) in [6.45, 7) is 4.42. The molecule has 0 unspecified atom stereocenters. The lowest BCUT2D eigenvalue weighted by Gasteiger charge is -2.18. The van der Waals surface area contributed by atoms with Crippen LogP contribution in [0.1, 0.15) is 18.1 Å². The zero-order valence-corrected chi connectivity index (χ0v) is 13.3. The number of methoxy groups -OCH3 is 2. The molecule has 1 amide bonds. The maximum atomic E-state index is 12.0. The van der Waals surface area contributed by atoms with Gasteiger partial charge in [-0.15, -0.1) is 0 Å². The van der Waals surface area contributed by atoms with Crippen LogP contribution in [-0.2, 0) is 11.3 Å². The molecule has 114 valence electrons. The number of amides is 1. The first-order chi connectivity index (χ1) is 10.0. The molecule has 0 aliphatic heterocycles. The van der Waals surface area contributed by atoms with E-state index in [4.69, 9.17) is 9.47 Å². The molecule has 4 nitrogen and oxygen atoms in total. The van der Waals surface area contributed by atoms with E-state index in [-0.39, 0.29) is 5.91 Å². The van der Waals surface area contributed by atoms with Crippen molar-refractivity contribution in [2.75, 3.05) is 21.3 Å². The van der Waals surface area contributed by atoms with Gasteiger partial charge in [-0.05, 0) is 37.1 Å². The molecule has 0 saturated heterocycles. The molecule has 0 spiro atoms. The molecule has 0 bridgehead atoms. The second-order valence-electron chi connectivity index (χ2n) is 4.71. The first-order valence-corrected chi connectivity index (χ1v) is 6.79. The van der Waals surface area contributed by atoms with E-state index in [2.05, 4.69) is 0 Å². The predicted molar refractivity (Wildman–Crippen MR) is 84.7 cm³/mol. The minimum atomic E-state index is -0.0396. The molecule has 0 N–H and O–H groups in total. The fourth-order valence-electron chi connectivity index (χ4n) is 1.90. The minimum Gasteiger partial charge on any atom is -0.493 e. The van der Waals surface area contributed by atoms with Gasteiger partial charge in [0.1, 0.15) is 0 Å². The molecule has 21 heavy (non-hydrogen) atoms. The second-order valence-corrected chi connectivity index (χ2v) is 4.71. The van der Waals surface area contributed by atoms with E-state index in [1.807, 2.05) is 38.1 Å². The lowest BCUT2D eigenvalue weighted by atomic mass is 10.1. The number of likely N-dealkylation sites (N-methyl/N-ethyl adjacent to an activating group) is 1. The highest BCUT2D eigenvalue weighted by atomic mass is 16.5. The third-order valence-corrected chi connectivity index (χ3v) is 3.17. The Kier molecular flexibility index (Phi) is 6.53. The largest absolute Gasteiger partial charge is 0.493 e. The van der Waals surface area contributed by atoms with Gasteiger partial charge in [0.15, 0.2) is 11.5 Å². The maximum Gasteiger partial charge on any atom is 0.246 e. The minimum absolute atomic E-state index is 0.0396. The Balaban J connectivity index is 2.89. The number of hydrogen-bond acceptors (Lipinski definition) is 3. The van der Waals surface area contributed by atoms with E-state index in [1.54, 1.807) is 38.3 Å². The summed E-state index contributed by atoms with van der Waals surface area (Å²) in [5.41, 5.74) is 2.09. The van der Waals surface area contributed by atoms with E-state index in [0.717, 1.165) is 11.1 Å². The summed E-state index contributed by atoms with van der Waals surface area (Å²) < 4.78 is 10.6. The number of ether oxygens (including phenoxy) is 2. The van der Waals surface area contributed by atoms with E-state index in [9.17, 15) is 4.79 Å². The van der Waals surface area contributed by atoms with Gasteiger partial charge in [0.25, 0.3) is 0 Å². The normalized spacial score (nSPS) is 11.1. The first kappa shape index (κ1) is 16.8. The molecule has 1 rings (SSSR count). The Morgan fingerprint density at radius 3 is 2.38 bits per heavy atom. The Morgan fingerprint density at radius 2 is 1.81 bits per heavy atom. The quantitative estimate of drug-likeness (QED) is 0.596. The van der Waals surface area contributed by atoms with E-state index < -0.39 is 0 Å². The van der Waals surface area contributed by atoms with Crippen molar-refractivity contribution in [2.24, 2.45) is 0 Å². The Labute approximate surface area is 126 Å². The van der Waals surface area contributed by atoms with Crippen LogP contribution in [0.4, 0.5) is 0 Å². The van der Waals surface area contributed by atoms with Crippen molar-refractivity contribution < 1.29 is 14.3 Å². The number of carbonyl (C=O) groups excluding carboxylic acids is 1. The summed E-state index contributed by atoms with van der Waals surface area (Å²) in [4.78, 5) is 13.6. The van der Waals surface area contributed by atoms with Crippen LogP contribution < -0.4 is 9.47 Å². The summed E-state index contributed by atoms with van der Waals surface area (Å²) in [6.07, 6.45) is 6.99. The summed E-state index contributed by atoms with van der Waals surface area (Å²) in [5.74, 6) is 1.33. The average molecular weight is 289 g/mol. The molecule has 0 aliphatic rings. The molecule has 0 saturated carbocycles. The highest BCUT2D eigenvalue weighted by molar-refractivity contribution is 5.87. The smallest absolute Gasteiger partial charge is 0.246 e. The van der Waals surface area contributed by atoms with E-state index >= 15 is 0 Å². The highest BCUT2D eigenvalue weighted by Crippen LogP contribution is 2.30. The lowest BCUT2D eigenvalue weighted by Crippen LogP contribution is -2.24. The zero-order valence-electron chi connectivity index (χ0n) is 13.3. The fraction of sp³-hybridized carbons (Fsp3) is 0.353. The Hall–Kier alpha value is -2.23. The molecule has 4 heteroatoms. The number of hydrogen-bond donors (Lipinski definition) is 0. The van der Waals surface area contributed by atoms with Crippen LogP contribution in [0.2, 0.25) is 0 Å². The van der Waals surface area contributed by atoms with Crippen molar-refractivity contribution in [2.45, 2.75) is 20.4 Å². The predicted octanol–water partition coefficient (Wildman–Crippen LogP) is 3.10. The van der Waals surface area contributed by atoms with Gasteiger partial charge in [-0.1, -0.05) is 18.2 Å². The van der Waals surface area contributed by atoms with Gasteiger partial charge in [0.2, 0.25) is 5.91 Å². The fourth-order valence-corrected chi connectivity index (χ4v) is 1.90. The van der Waals surface area contributed by atoms with Crippen LogP contribution in [0.25, 0.3) is 0 Å². The monoisotopic (exact) mass is 289 g/mol. The standard InChI is InChI=1S/C17H23NO3/c1-6-7-8-9-17(19)18(3)12-14-11-16(21-5)15(20-4)10-13(14)2/h6-11H,12H2,1-5H3/b7-6+,9-8+. The molecule has 0 aromatic heterocycles. The van der Waals surface area contributed by atoms with Crippen molar-refractivity contribution >= 4 is 5.91 Å². The van der Waals surface area contributed by atoms with Gasteiger partial charge >= 0.3 is 0 Å². The van der Waals surface area contributed by atoms with Crippen molar-refractivity contribution in [1.82, 2.24) is 4.90 Å². The highest BCUT2D eigenvalue weighted by Gasteiger charge is 2.12. The molecular formula is C17H23NO3. The van der Waals surface area contributed by atoms with Gasteiger partial charge in [-0.3, -0.25) is 4.79 Å². The van der Waals surface area contributed by atoms with Crippen LogP contribution in [0, 0.1) is 6.92 Å². The van der Waals surface area contributed by atoms with Crippen LogP contribution >= 0.6 is 0 Å². The molecule has 0 heterocycles. The SMILES string of the molecule is C/C=C/C=C/C(=O)N(C)Cc1cc(OC)c(OC)cc1C. The third-order valence-electron chi connectivity index (χ3n) is 3.17. The molecule has 0 fully saturated rings. The van der Waals surface area contributed by atoms with Crippen LogP contribution in [0.5, 0.6) is 11.5 Å². The van der Waals surface area contributed by atoms with Crippen LogP contribution in [0.3, 0.4) is 0 Å². The number of allylic oxidation sites excluding steroid dienone is 3. The number of carbonyl (C=O) groups is 1. The molecule has 0 aliphatic carbocycles. The summed E-state index contributed by atoms with van der Waals surface area (Å²) in [6, 6.07) is 3.83. The third kappa shape index (κ3) is 4.67. The Morgan fingerprint density at radius 1 is 1.19 bits per heavy atom. The zero-order chi connectivity index (χ0) is 15.8. The number of benzene rings is 1. The molecule has 1 aromatic carbocycles. The van der Waals surface area contributed by atoms with Crippen LogP contribution in [-0.4, -0.2) is 32.1 Å². The van der Waals surface area contributed by atoms with Crippen molar-refractivity contribution in [3.63, 3.8) is 0 Å². The molecular weight excluding hydrogens is 266 g/mol. The first-order valence-electron chi connectivity index (χ1n) is 6.79. The second kappa shape index (κ2) is 8.15. The van der Waals surface area contributed by atoms with Crippen LogP contribution in [0.15, 0.2) is 36.4 Å². The van der Waals surface area contributed by atoms with E-state index in [1.165, 1.54) is 0 Å². The van der Waals surface area contributed by atoms with Crippen molar-refractivity contribution in [3.8, 4) is 11.5 Å². The van der Waals surface area contributed by atoms with Gasteiger partial charge < -0.3 is 14.4 Å². The molecule has 0 atom stereocenters. The summed E-state index contributed by atoms with van der Waals surface area (Å²) >= 11 is 0. The molecule has 1 aromatic rings. The van der Waals surface area contributed by atoms with E-state index in [0.29, 0.717) is 18.0 Å². The maximum absolute atomic E-state index is 12.0. The molecule has 0 radical (unpaired) electrons. The number of rotatable bonds is 6. The summed E-state index contributed by atoms with van der Waals surface area (Å²) in [7, 11) is 4.99. The number of nitrogens with zero attached hydrogens (tertiary/aromatic N) is 1. The van der Waals surface area contributed by atoms with Gasteiger partial charge in [-0.25, -0.2) is 0 Å². The van der Waals surface area contributed by atoms with Gasteiger partial charge in [0, 0.05) is 19.7 Å². The number of aryl methyl sites for hydroxylation is 1.